The molecule has 8 heteroatoms. The highest BCUT2D eigenvalue weighted by Crippen LogP contribution is 2.26. The Balaban J connectivity index is 2.10. The molecule has 154 valence electrons. The number of esters is 2. The van der Waals surface area contributed by atoms with Crippen molar-refractivity contribution in [1.29, 1.82) is 0 Å². The summed E-state index contributed by atoms with van der Waals surface area (Å²) in [6.07, 6.45) is 0.841. The quantitative estimate of drug-likeness (QED) is 0.645. The van der Waals surface area contributed by atoms with E-state index >= 15 is 0 Å². The fourth-order valence-electron chi connectivity index (χ4n) is 2.41. The SMILES string of the molecule is CCCOc1ccccc1OCC(=O)Nc1cc(C(=O)OC)cc(C(=O)OC)c1. The molecule has 1 N–H and O–H groups in total. The van der Waals surface area contributed by atoms with Crippen LogP contribution in [-0.4, -0.2) is 45.3 Å². The van der Waals surface area contributed by atoms with E-state index in [4.69, 9.17) is 9.47 Å². The third-order valence-corrected chi connectivity index (χ3v) is 3.73. The maximum Gasteiger partial charge on any atom is 0.337 e. The molecule has 29 heavy (non-hydrogen) atoms. The second-order valence-corrected chi connectivity index (χ2v) is 5.91. The number of carbonyl (C=O) groups excluding carboxylic acids is 3. The van der Waals surface area contributed by atoms with Gasteiger partial charge in [-0.2, -0.15) is 0 Å². The predicted octanol–water partition coefficient (Wildman–Crippen LogP) is 3.07. The first kappa shape index (κ1) is 21.7. The average molecular weight is 401 g/mol. The number of ether oxygens (including phenoxy) is 4. The largest absolute Gasteiger partial charge is 0.490 e. The van der Waals surface area contributed by atoms with Gasteiger partial charge in [-0.25, -0.2) is 9.59 Å². The summed E-state index contributed by atoms with van der Waals surface area (Å²) in [5.74, 6) is -0.792. The van der Waals surface area contributed by atoms with Crippen LogP contribution in [0.1, 0.15) is 34.1 Å². The second-order valence-electron chi connectivity index (χ2n) is 5.91. The third-order valence-electron chi connectivity index (χ3n) is 3.73. The van der Waals surface area contributed by atoms with Crippen molar-refractivity contribution in [2.45, 2.75) is 13.3 Å². The highest BCUT2D eigenvalue weighted by atomic mass is 16.5. The van der Waals surface area contributed by atoms with Gasteiger partial charge >= 0.3 is 11.9 Å². The van der Waals surface area contributed by atoms with Crippen LogP contribution in [0, 0.1) is 0 Å². The molecule has 2 rings (SSSR count). The third kappa shape index (κ3) is 6.24. The number of carbonyl (C=O) groups is 3. The Kier molecular flexibility index (Phi) is 8.02. The van der Waals surface area contributed by atoms with Crippen molar-refractivity contribution in [2.24, 2.45) is 0 Å². The molecule has 2 aromatic carbocycles. The summed E-state index contributed by atoms with van der Waals surface area (Å²) in [6.45, 7) is 2.23. The number of rotatable bonds is 9. The van der Waals surface area contributed by atoms with Crippen molar-refractivity contribution in [3.8, 4) is 11.5 Å². The standard InChI is InChI=1S/C21H23NO7/c1-4-9-28-17-7-5-6-8-18(17)29-13-19(23)22-16-11-14(20(24)26-2)10-15(12-16)21(25)27-3/h5-8,10-12H,4,9,13H2,1-3H3,(H,22,23). The first-order valence-electron chi connectivity index (χ1n) is 8.94. The zero-order valence-corrected chi connectivity index (χ0v) is 16.5. The van der Waals surface area contributed by atoms with Gasteiger partial charge in [0.1, 0.15) is 0 Å². The number of para-hydroxylation sites is 2. The van der Waals surface area contributed by atoms with Gasteiger partial charge in [0.05, 0.1) is 32.0 Å². The van der Waals surface area contributed by atoms with E-state index in [1.54, 1.807) is 18.2 Å². The maximum atomic E-state index is 12.3. The fourth-order valence-corrected chi connectivity index (χ4v) is 2.41. The topological polar surface area (TPSA) is 100 Å². The fraction of sp³-hybridized carbons (Fsp3) is 0.286. The molecule has 0 fully saturated rings. The van der Waals surface area contributed by atoms with Gasteiger partial charge in [-0.05, 0) is 36.8 Å². The molecule has 0 aliphatic carbocycles. The summed E-state index contributed by atoms with van der Waals surface area (Å²) in [5.41, 5.74) is 0.437. The molecule has 1 amide bonds. The number of methoxy groups -OCH3 is 2. The minimum absolute atomic E-state index is 0.102. The van der Waals surface area contributed by atoms with Crippen molar-refractivity contribution in [2.75, 3.05) is 32.8 Å². The maximum absolute atomic E-state index is 12.3. The van der Waals surface area contributed by atoms with E-state index in [1.807, 2.05) is 13.0 Å². The first-order chi connectivity index (χ1) is 14.0. The minimum Gasteiger partial charge on any atom is -0.490 e. The van der Waals surface area contributed by atoms with Gasteiger partial charge < -0.3 is 24.3 Å². The lowest BCUT2D eigenvalue weighted by atomic mass is 10.1. The molecule has 2 aromatic rings. The molecule has 0 heterocycles. The van der Waals surface area contributed by atoms with Crippen LogP contribution in [0.5, 0.6) is 11.5 Å². The van der Waals surface area contributed by atoms with Crippen LogP contribution in [-0.2, 0) is 14.3 Å². The molecule has 0 saturated carbocycles. The molecule has 0 atom stereocenters. The van der Waals surface area contributed by atoms with Crippen LogP contribution in [0.25, 0.3) is 0 Å². The smallest absolute Gasteiger partial charge is 0.337 e. The zero-order valence-electron chi connectivity index (χ0n) is 16.5. The Labute approximate surface area is 168 Å². The predicted molar refractivity (Wildman–Crippen MR) is 105 cm³/mol. The molecule has 0 saturated heterocycles. The highest BCUT2D eigenvalue weighted by molar-refractivity contribution is 5.99. The first-order valence-corrected chi connectivity index (χ1v) is 8.94. The molecule has 0 aliphatic rings. The van der Waals surface area contributed by atoms with Gasteiger partial charge in [0.2, 0.25) is 0 Å². The van der Waals surface area contributed by atoms with Crippen LogP contribution in [0.2, 0.25) is 0 Å². The lowest BCUT2D eigenvalue weighted by Crippen LogP contribution is -2.21. The van der Waals surface area contributed by atoms with Crippen LogP contribution in [0.3, 0.4) is 0 Å². The minimum atomic E-state index is -0.649. The molecule has 0 radical (unpaired) electrons. The second kappa shape index (κ2) is 10.7. The summed E-state index contributed by atoms with van der Waals surface area (Å²) in [4.78, 5) is 36.0. The lowest BCUT2D eigenvalue weighted by Gasteiger charge is -2.13. The summed E-state index contributed by atoms with van der Waals surface area (Å²) in [7, 11) is 2.44. The van der Waals surface area contributed by atoms with E-state index in [0.717, 1.165) is 6.42 Å². The summed E-state index contributed by atoms with van der Waals surface area (Å²) >= 11 is 0. The van der Waals surface area contributed by atoms with E-state index < -0.39 is 17.8 Å². The molecule has 0 aromatic heterocycles. The van der Waals surface area contributed by atoms with Crippen LogP contribution >= 0.6 is 0 Å². The van der Waals surface area contributed by atoms with Crippen molar-refractivity contribution in [3.63, 3.8) is 0 Å². The normalized spacial score (nSPS) is 10.0. The van der Waals surface area contributed by atoms with E-state index in [0.29, 0.717) is 18.1 Å². The monoisotopic (exact) mass is 401 g/mol. The Hall–Kier alpha value is -3.55. The Bertz CT molecular complexity index is 845. The van der Waals surface area contributed by atoms with E-state index in [2.05, 4.69) is 14.8 Å². The number of anilines is 1. The molecule has 0 bridgehead atoms. The van der Waals surface area contributed by atoms with Crippen LogP contribution in [0.4, 0.5) is 5.69 Å². The van der Waals surface area contributed by atoms with E-state index in [1.165, 1.54) is 32.4 Å². The van der Waals surface area contributed by atoms with E-state index in [-0.39, 0.29) is 23.4 Å². The summed E-state index contributed by atoms with van der Waals surface area (Å²) in [5, 5.41) is 2.59. The molecule has 0 aliphatic heterocycles. The average Bonchev–Trinajstić information content (AvgIpc) is 2.75. The zero-order chi connectivity index (χ0) is 21.2. The van der Waals surface area contributed by atoms with Gasteiger partial charge in [-0.15, -0.1) is 0 Å². The molecular formula is C21H23NO7. The van der Waals surface area contributed by atoms with Crippen molar-refractivity contribution < 1.29 is 33.3 Å². The van der Waals surface area contributed by atoms with E-state index in [9.17, 15) is 14.4 Å². The van der Waals surface area contributed by atoms with Gasteiger partial charge in [0.15, 0.2) is 18.1 Å². The number of hydrogen-bond donors (Lipinski definition) is 1. The highest BCUT2D eigenvalue weighted by Gasteiger charge is 2.15. The molecule has 8 nitrogen and oxygen atoms in total. The Morgan fingerprint density at radius 1 is 0.862 bits per heavy atom. The van der Waals surface area contributed by atoms with Crippen molar-refractivity contribution >= 4 is 23.5 Å². The molecule has 0 spiro atoms. The van der Waals surface area contributed by atoms with Gasteiger partial charge in [-0.3, -0.25) is 4.79 Å². The summed E-state index contributed by atoms with van der Waals surface area (Å²) in [6, 6.07) is 11.2. The lowest BCUT2D eigenvalue weighted by molar-refractivity contribution is -0.118. The van der Waals surface area contributed by atoms with Crippen LogP contribution in [0.15, 0.2) is 42.5 Å². The number of hydrogen-bond acceptors (Lipinski definition) is 7. The van der Waals surface area contributed by atoms with Gasteiger partial charge in [0.25, 0.3) is 5.91 Å². The van der Waals surface area contributed by atoms with Gasteiger partial charge in [0, 0.05) is 5.69 Å². The Morgan fingerprint density at radius 2 is 1.41 bits per heavy atom. The van der Waals surface area contributed by atoms with Crippen LogP contribution < -0.4 is 14.8 Å². The molecular weight excluding hydrogens is 378 g/mol. The number of amides is 1. The number of benzene rings is 2. The van der Waals surface area contributed by atoms with Crippen molar-refractivity contribution in [3.05, 3.63) is 53.6 Å². The molecule has 0 unspecified atom stereocenters. The van der Waals surface area contributed by atoms with Gasteiger partial charge in [-0.1, -0.05) is 19.1 Å². The number of nitrogens with one attached hydrogen (secondary N) is 1. The van der Waals surface area contributed by atoms with Crippen molar-refractivity contribution in [1.82, 2.24) is 0 Å². The Morgan fingerprint density at radius 3 is 1.93 bits per heavy atom. The summed E-state index contributed by atoms with van der Waals surface area (Å²) < 4.78 is 20.5.